The average Bonchev–Trinajstić information content (AvgIpc) is 2.76. The number of ether oxygens (including phenoxy) is 1. The number of nitrogens with zero attached hydrogens (tertiary/aromatic N) is 1. The molecule has 0 aromatic rings. The molecule has 1 rings (SSSR count). The molecule has 1 atom stereocenters. The molecule has 4 N–H and O–H groups in total. The second-order valence-corrected chi connectivity index (χ2v) is 6.17. The number of rotatable bonds is 6. The molecular formula is C11H24N4OS. The van der Waals surface area contributed by atoms with Gasteiger partial charge in [0.15, 0.2) is 0 Å². The largest absolute Gasteiger partial charge is 0.385 e. The Balaban J connectivity index is 2.28. The maximum atomic E-state index is 5.43. The molecule has 0 spiro atoms. The summed E-state index contributed by atoms with van der Waals surface area (Å²) in [5.41, 5.74) is 2.61. The van der Waals surface area contributed by atoms with Gasteiger partial charge in [0.25, 0.3) is 0 Å². The Morgan fingerprint density at radius 1 is 1.59 bits per heavy atom. The van der Waals surface area contributed by atoms with Crippen LogP contribution in [0.2, 0.25) is 0 Å². The van der Waals surface area contributed by atoms with Gasteiger partial charge in [0.2, 0.25) is 5.96 Å². The minimum Gasteiger partial charge on any atom is -0.385 e. The van der Waals surface area contributed by atoms with E-state index >= 15 is 0 Å². The van der Waals surface area contributed by atoms with Crippen LogP contribution in [0.25, 0.3) is 0 Å². The second kappa shape index (κ2) is 7.79. The topological polar surface area (TPSA) is 71.7 Å². The number of hydrogen-bond acceptors (Lipinski definition) is 4. The average molecular weight is 260 g/mol. The van der Waals surface area contributed by atoms with Crippen molar-refractivity contribution in [3.63, 3.8) is 0 Å². The zero-order valence-corrected chi connectivity index (χ0v) is 11.6. The van der Waals surface area contributed by atoms with Gasteiger partial charge in [0, 0.05) is 25.0 Å². The summed E-state index contributed by atoms with van der Waals surface area (Å²) in [7, 11) is 1.70. The Morgan fingerprint density at radius 3 is 3.00 bits per heavy atom. The van der Waals surface area contributed by atoms with Crippen LogP contribution in [0, 0.1) is 0 Å². The number of methoxy groups -OCH3 is 1. The molecule has 1 aliphatic rings. The van der Waals surface area contributed by atoms with E-state index in [9.17, 15) is 0 Å². The third kappa shape index (κ3) is 5.61. The molecular weight excluding hydrogens is 236 g/mol. The molecule has 0 saturated carbocycles. The standard InChI is InChI=1S/C11H24N4OS/c1-11(5-3-8-17-11)9-14-10(15-12)13-6-4-7-16-2/h3-9,12H2,1-2H3,(H2,13,14,15). The van der Waals surface area contributed by atoms with Gasteiger partial charge in [-0.2, -0.15) is 11.8 Å². The molecule has 0 bridgehead atoms. The molecule has 0 radical (unpaired) electrons. The molecule has 6 heteroatoms. The van der Waals surface area contributed by atoms with Gasteiger partial charge in [0.05, 0.1) is 6.54 Å². The molecule has 0 aromatic heterocycles. The lowest BCUT2D eigenvalue weighted by Crippen LogP contribution is -2.43. The molecule has 17 heavy (non-hydrogen) atoms. The van der Waals surface area contributed by atoms with Crippen LogP contribution in [0.4, 0.5) is 0 Å². The van der Waals surface area contributed by atoms with E-state index < -0.39 is 0 Å². The molecule has 1 aliphatic heterocycles. The van der Waals surface area contributed by atoms with E-state index in [2.05, 4.69) is 22.7 Å². The van der Waals surface area contributed by atoms with E-state index in [4.69, 9.17) is 10.6 Å². The monoisotopic (exact) mass is 260 g/mol. The van der Waals surface area contributed by atoms with E-state index in [0.717, 1.165) is 26.1 Å². The highest BCUT2D eigenvalue weighted by Gasteiger charge is 2.29. The van der Waals surface area contributed by atoms with Gasteiger partial charge in [-0.25, -0.2) is 5.84 Å². The van der Waals surface area contributed by atoms with E-state index in [-0.39, 0.29) is 4.75 Å². The van der Waals surface area contributed by atoms with Gasteiger partial charge in [-0.3, -0.25) is 10.4 Å². The fourth-order valence-electron chi connectivity index (χ4n) is 1.78. The maximum Gasteiger partial charge on any atom is 0.205 e. The van der Waals surface area contributed by atoms with E-state index in [1.807, 2.05) is 11.8 Å². The summed E-state index contributed by atoms with van der Waals surface area (Å²) in [6, 6.07) is 0. The maximum absolute atomic E-state index is 5.43. The van der Waals surface area contributed by atoms with Crippen LogP contribution in [0.3, 0.4) is 0 Å². The Morgan fingerprint density at radius 2 is 2.41 bits per heavy atom. The van der Waals surface area contributed by atoms with Crippen molar-refractivity contribution < 1.29 is 4.74 Å². The van der Waals surface area contributed by atoms with Crippen LogP contribution >= 0.6 is 11.8 Å². The molecule has 100 valence electrons. The lowest BCUT2D eigenvalue weighted by molar-refractivity contribution is 0.195. The number of nitrogens with two attached hydrogens (primary N) is 1. The predicted octanol–water partition coefficient (Wildman–Crippen LogP) is 0.718. The first kappa shape index (κ1) is 14.6. The van der Waals surface area contributed by atoms with Gasteiger partial charge in [-0.1, -0.05) is 0 Å². The summed E-state index contributed by atoms with van der Waals surface area (Å²) < 4.78 is 5.27. The molecule has 1 heterocycles. The molecule has 0 amide bonds. The second-order valence-electron chi connectivity index (χ2n) is 4.48. The van der Waals surface area contributed by atoms with Gasteiger partial charge < -0.3 is 10.1 Å². The molecule has 1 unspecified atom stereocenters. The lowest BCUT2D eigenvalue weighted by Gasteiger charge is -2.20. The molecule has 0 aromatic carbocycles. The first-order chi connectivity index (χ1) is 8.20. The zero-order chi connectivity index (χ0) is 12.6. The minimum atomic E-state index is 0.288. The van der Waals surface area contributed by atoms with E-state index in [0.29, 0.717) is 5.96 Å². The van der Waals surface area contributed by atoms with Gasteiger partial charge in [0.1, 0.15) is 0 Å². The van der Waals surface area contributed by atoms with Crippen molar-refractivity contribution in [3.8, 4) is 0 Å². The number of aliphatic imine (C=N–C) groups is 1. The minimum absolute atomic E-state index is 0.288. The highest BCUT2D eigenvalue weighted by Crippen LogP contribution is 2.37. The Hall–Kier alpha value is -0.460. The van der Waals surface area contributed by atoms with Crippen molar-refractivity contribution in [3.05, 3.63) is 0 Å². The highest BCUT2D eigenvalue weighted by molar-refractivity contribution is 8.00. The van der Waals surface area contributed by atoms with Gasteiger partial charge in [-0.15, -0.1) is 0 Å². The van der Waals surface area contributed by atoms with Crippen LogP contribution in [-0.4, -0.2) is 43.3 Å². The smallest absolute Gasteiger partial charge is 0.205 e. The number of hydrazine groups is 1. The van der Waals surface area contributed by atoms with Crippen molar-refractivity contribution >= 4 is 17.7 Å². The Bertz CT molecular complexity index is 242. The van der Waals surface area contributed by atoms with Crippen molar-refractivity contribution in [2.75, 3.05) is 32.6 Å². The normalized spacial score (nSPS) is 25.0. The van der Waals surface area contributed by atoms with Crippen LogP contribution in [-0.2, 0) is 4.74 Å². The van der Waals surface area contributed by atoms with Gasteiger partial charge >= 0.3 is 0 Å². The van der Waals surface area contributed by atoms with Crippen LogP contribution < -0.4 is 16.6 Å². The number of hydrogen-bond donors (Lipinski definition) is 3. The molecule has 5 nitrogen and oxygen atoms in total. The van der Waals surface area contributed by atoms with E-state index in [1.54, 1.807) is 7.11 Å². The summed E-state index contributed by atoms with van der Waals surface area (Å²) in [6.45, 7) is 4.65. The Kier molecular flexibility index (Phi) is 6.69. The first-order valence-corrected chi connectivity index (χ1v) is 7.06. The number of guanidine groups is 1. The van der Waals surface area contributed by atoms with Crippen LogP contribution in [0.15, 0.2) is 4.99 Å². The van der Waals surface area contributed by atoms with Crippen molar-refractivity contribution in [1.82, 2.24) is 10.7 Å². The summed E-state index contributed by atoms with van der Waals surface area (Å²) in [5.74, 6) is 7.36. The fraction of sp³-hybridized carbons (Fsp3) is 0.909. The predicted molar refractivity (Wildman–Crippen MR) is 74.2 cm³/mol. The van der Waals surface area contributed by atoms with Crippen LogP contribution in [0.1, 0.15) is 26.2 Å². The van der Waals surface area contributed by atoms with Crippen molar-refractivity contribution in [2.45, 2.75) is 30.9 Å². The summed E-state index contributed by atoms with van der Waals surface area (Å²) >= 11 is 2.01. The molecule has 0 aliphatic carbocycles. The first-order valence-electron chi connectivity index (χ1n) is 6.08. The molecule has 1 saturated heterocycles. The Labute approximate surface area is 108 Å². The number of nitrogens with one attached hydrogen (secondary N) is 2. The summed E-state index contributed by atoms with van der Waals surface area (Å²) in [4.78, 5) is 4.50. The highest BCUT2D eigenvalue weighted by atomic mass is 32.2. The third-order valence-electron chi connectivity index (χ3n) is 2.83. The quantitative estimate of drug-likeness (QED) is 0.216. The number of thioether (sulfide) groups is 1. The summed E-state index contributed by atoms with van der Waals surface area (Å²) in [5, 5.41) is 3.17. The van der Waals surface area contributed by atoms with Crippen molar-refractivity contribution in [2.24, 2.45) is 10.8 Å². The summed E-state index contributed by atoms with van der Waals surface area (Å²) in [6.07, 6.45) is 3.48. The SMILES string of the molecule is COCCCNC(=NCC1(C)CCCS1)NN. The van der Waals surface area contributed by atoms with E-state index in [1.165, 1.54) is 18.6 Å². The fourth-order valence-corrected chi connectivity index (χ4v) is 3.01. The lowest BCUT2D eigenvalue weighted by atomic mass is 10.1. The van der Waals surface area contributed by atoms with Crippen molar-refractivity contribution in [1.29, 1.82) is 0 Å². The van der Waals surface area contributed by atoms with Gasteiger partial charge in [-0.05, 0) is 31.9 Å². The third-order valence-corrected chi connectivity index (χ3v) is 4.35. The molecule has 1 fully saturated rings. The van der Waals surface area contributed by atoms with Crippen LogP contribution in [0.5, 0.6) is 0 Å². The zero-order valence-electron chi connectivity index (χ0n) is 10.8.